The summed E-state index contributed by atoms with van der Waals surface area (Å²) in [6.45, 7) is 6.62. The number of aromatic nitrogens is 2. The second kappa shape index (κ2) is 6.90. The molecule has 1 saturated heterocycles. The van der Waals surface area contributed by atoms with Crippen molar-refractivity contribution in [1.82, 2.24) is 15.1 Å². The van der Waals surface area contributed by atoms with Crippen LogP contribution in [-0.4, -0.2) is 54.3 Å². The Hall–Kier alpha value is -2.57. The number of ether oxygens (including phenoxy) is 1. The first kappa shape index (κ1) is 16.3. The van der Waals surface area contributed by atoms with Crippen LogP contribution in [0.15, 0.2) is 28.7 Å². The molecule has 0 bridgehead atoms. The van der Waals surface area contributed by atoms with Crippen LogP contribution in [0.4, 0.5) is 6.01 Å². The SMILES string of the molecule is COc1cccc(C(=O)N2CCN(c3nnc(C(C)C)o3)CC2)c1. The van der Waals surface area contributed by atoms with E-state index in [2.05, 4.69) is 10.2 Å². The van der Waals surface area contributed by atoms with Gasteiger partial charge in [-0.05, 0) is 18.2 Å². The summed E-state index contributed by atoms with van der Waals surface area (Å²) in [7, 11) is 1.60. The van der Waals surface area contributed by atoms with Crippen molar-refractivity contribution in [2.24, 2.45) is 0 Å². The molecule has 0 spiro atoms. The fourth-order valence-corrected chi connectivity index (χ4v) is 2.63. The van der Waals surface area contributed by atoms with Crippen LogP contribution in [0.5, 0.6) is 5.75 Å². The van der Waals surface area contributed by atoms with Crippen molar-refractivity contribution in [2.45, 2.75) is 19.8 Å². The highest BCUT2D eigenvalue weighted by Gasteiger charge is 2.25. The molecule has 0 N–H and O–H groups in total. The molecule has 24 heavy (non-hydrogen) atoms. The third-order valence-electron chi connectivity index (χ3n) is 4.08. The Morgan fingerprint density at radius 3 is 2.58 bits per heavy atom. The van der Waals surface area contributed by atoms with Crippen LogP contribution in [0.3, 0.4) is 0 Å². The number of hydrogen-bond donors (Lipinski definition) is 0. The number of nitrogens with zero attached hydrogens (tertiary/aromatic N) is 4. The molecule has 1 aromatic heterocycles. The van der Waals surface area contributed by atoms with Gasteiger partial charge in [-0.3, -0.25) is 4.79 Å². The minimum Gasteiger partial charge on any atom is -0.497 e. The van der Waals surface area contributed by atoms with Crippen molar-refractivity contribution >= 4 is 11.9 Å². The molecule has 1 amide bonds. The lowest BCUT2D eigenvalue weighted by Gasteiger charge is -2.33. The van der Waals surface area contributed by atoms with Crippen LogP contribution >= 0.6 is 0 Å². The Labute approximate surface area is 141 Å². The Morgan fingerprint density at radius 1 is 1.21 bits per heavy atom. The van der Waals surface area contributed by atoms with Gasteiger partial charge in [-0.15, -0.1) is 5.10 Å². The lowest BCUT2D eigenvalue weighted by atomic mass is 10.1. The highest BCUT2D eigenvalue weighted by molar-refractivity contribution is 5.94. The van der Waals surface area contributed by atoms with E-state index in [1.54, 1.807) is 13.2 Å². The average Bonchev–Trinajstić information content (AvgIpc) is 3.12. The summed E-state index contributed by atoms with van der Waals surface area (Å²) in [5.41, 5.74) is 0.641. The zero-order valence-corrected chi connectivity index (χ0v) is 14.2. The number of methoxy groups -OCH3 is 1. The van der Waals surface area contributed by atoms with Crippen LogP contribution < -0.4 is 9.64 Å². The van der Waals surface area contributed by atoms with Gasteiger partial charge in [0.1, 0.15) is 5.75 Å². The zero-order valence-electron chi connectivity index (χ0n) is 14.2. The van der Waals surface area contributed by atoms with Gasteiger partial charge >= 0.3 is 6.01 Å². The Morgan fingerprint density at radius 2 is 1.96 bits per heavy atom. The summed E-state index contributed by atoms with van der Waals surface area (Å²) in [4.78, 5) is 16.5. The van der Waals surface area contributed by atoms with Gasteiger partial charge in [0, 0.05) is 37.7 Å². The van der Waals surface area contributed by atoms with E-state index < -0.39 is 0 Å². The lowest BCUT2D eigenvalue weighted by Crippen LogP contribution is -2.48. The van der Waals surface area contributed by atoms with Crippen LogP contribution in [0, 0.1) is 0 Å². The molecule has 0 unspecified atom stereocenters. The van der Waals surface area contributed by atoms with Gasteiger partial charge in [0.05, 0.1) is 7.11 Å². The summed E-state index contributed by atoms with van der Waals surface area (Å²) >= 11 is 0. The summed E-state index contributed by atoms with van der Waals surface area (Å²) in [5.74, 6) is 1.55. The molecule has 0 radical (unpaired) electrons. The first-order valence-electron chi connectivity index (χ1n) is 8.10. The molecule has 3 rings (SSSR count). The summed E-state index contributed by atoms with van der Waals surface area (Å²) in [6, 6.07) is 7.77. The normalized spacial score (nSPS) is 15.0. The predicted octanol–water partition coefficient (Wildman–Crippen LogP) is 2.16. The number of rotatable bonds is 4. The topological polar surface area (TPSA) is 71.7 Å². The van der Waals surface area contributed by atoms with E-state index in [0.29, 0.717) is 49.4 Å². The number of anilines is 1. The van der Waals surface area contributed by atoms with E-state index >= 15 is 0 Å². The Balaban J connectivity index is 1.62. The highest BCUT2D eigenvalue weighted by Crippen LogP contribution is 2.20. The van der Waals surface area contributed by atoms with Gasteiger partial charge in [0.2, 0.25) is 5.89 Å². The van der Waals surface area contributed by atoms with Gasteiger partial charge in [-0.25, -0.2) is 0 Å². The molecule has 7 heteroatoms. The standard InChI is InChI=1S/C17H22N4O3/c1-12(2)15-18-19-17(24-15)21-9-7-20(8-10-21)16(22)13-5-4-6-14(11-13)23-3/h4-6,11-12H,7-10H2,1-3H3. The monoisotopic (exact) mass is 330 g/mol. The van der Waals surface area contributed by atoms with Gasteiger partial charge < -0.3 is 19.0 Å². The van der Waals surface area contributed by atoms with Crippen molar-refractivity contribution in [1.29, 1.82) is 0 Å². The van der Waals surface area contributed by atoms with Crippen molar-refractivity contribution in [3.8, 4) is 5.75 Å². The van der Waals surface area contributed by atoms with Crippen LogP contribution in [0.2, 0.25) is 0 Å². The number of benzene rings is 1. The quantitative estimate of drug-likeness (QED) is 0.855. The molecule has 1 fully saturated rings. The van der Waals surface area contributed by atoms with Gasteiger partial charge in [0.25, 0.3) is 5.91 Å². The second-order valence-electron chi connectivity index (χ2n) is 6.09. The number of carbonyl (C=O) groups is 1. The van der Waals surface area contributed by atoms with Crippen LogP contribution in [-0.2, 0) is 0 Å². The van der Waals surface area contributed by atoms with Crippen molar-refractivity contribution in [2.75, 3.05) is 38.2 Å². The minimum absolute atomic E-state index is 0.0157. The molecule has 7 nitrogen and oxygen atoms in total. The van der Waals surface area contributed by atoms with Crippen LogP contribution in [0.1, 0.15) is 36.0 Å². The number of amides is 1. The van der Waals surface area contributed by atoms with E-state index in [9.17, 15) is 4.79 Å². The molecular formula is C17H22N4O3. The van der Waals surface area contributed by atoms with Gasteiger partial charge in [-0.2, -0.15) is 0 Å². The molecular weight excluding hydrogens is 308 g/mol. The van der Waals surface area contributed by atoms with Crippen LogP contribution in [0.25, 0.3) is 0 Å². The lowest BCUT2D eigenvalue weighted by molar-refractivity contribution is 0.0744. The minimum atomic E-state index is 0.0157. The first-order valence-corrected chi connectivity index (χ1v) is 8.10. The van der Waals surface area contributed by atoms with E-state index in [1.165, 1.54) is 0 Å². The molecule has 0 aliphatic carbocycles. The van der Waals surface area contributed by atoms with E-state index in [1.807, 2.05) is 41.8 Å². The molecule has 1 aliphatic heterocycles. The summed E-state index contributed by atoms with van der Waals surface area (Å²) in [6.07, 6.45) is 0. The smallest absolute Gasteiger partial charge is 0.318 e. The fraction of sp³-hybridized carbons (Fsp3) is 0.471. The molecule has 1 aliphatic rings. The van der Waals surface area contributed by atoms with Gasteiger partial charge in [0.15, 0.2) is 0 Å². The number of hydrogen-bond acceptors (Lipinski definition) is 6. The molecule has 128 valence electrons. The Kier molecular flexibility index (Phi) is 4.69. The van der Waals surface area contributed by atoms with E-state index in [4.69, 9.17) is 9.15 Å². The summed E-state index contributed by atoms with van der Waals surface area (Å²) in [5, 5.41) is 8.16. The highest BCUT2D eigenvalue weighted by atomic mass is 16.5. The molecule has 2 heterocycles. The van der Waals surface area contributed by atoms with E-state index in [-0.39, 0.29) is 11.8 Å². The number of piperazine rings is 1. The fourth-order valence-electron chi connectivity index (χ4n) is 2.63. The van der Waals surface area contributed by atoms with Crippen molar-refractivity contribution in [3.05, 3.63) is 35.7 Å². The molecule has 2 aromatic rings. The average molecular weight is 330 g/mol. The summed E-state index contributed by atoms with van der Waals surface area (Å²) < 4.78 is 10.9. The molecule has 0 atom stereocenters. The maximum Gasteiger partial charge on any atom is 0.318 e. The zero-order chi connectivity index (χ0) is 17.1. The maximum atomic E-state index is 12.6. The van der Waals surface area contributed by atoms with Crippen molar-refractivity contribution < 1.29 is 13.9 Å². The number of carbonyl (C=O) groups excluding carboxylic acids is 1. The van der Waals surface area contributed by atoms with Crippen molar-refractivity contribution in [3.63, 3.8) is 0 Å². The largest absolute Gasteiger partial charge is 0.497 e. The second-order valence-corrected chi connectivity index (χ2v) is 6.09. The predicted molar refractivity (Wildman–Crippen MR) is 89.5 cm³/mol. The maximum absolute atomic E-state index is 12.6. The Bertz CT molecular complexity index is 705. The van der Waals surface area contributed by atoms with Gasteiger partial charge in [-0.1, -0.05) is 25.0 Å². The first-order chi connectivity index (χ1) is 11.6. The third kappa shape index (κ3) is 3.34. The molecule has 0 saturated carbocycles. The molecule has 1 aromatic carbocycles. The third-order valence-corrected chi connectivity index (χ3v) is 4.08. The van der Waals surface area contributed by atoms with E-state index in [0.717, 1.165) is 0 Å².